The molecule has 2 aliphatic heterocycles. The fourth-order valence-electron chi connectivity index (χ4n) is 3.79. The van der Waals surface area contributed by atoms with Crippen molar-refractivity contribution in [2.24, 2.45) is 5.16 Å². The van der Waals surface area contributed by atoms with Crippen molar-refractivity contribution in [3.63, 3.8) is 0 Å². The molecule has 0 aliphatic carbocycles. The van der Waals surface area contributed by atoms with E-state index in [1.54, 1.807) is 29.2 Å². The summed E-state index contributed by atoms with van der Waals surface area (Å²) in [6.07, 6.45) is 2.09. The molecule has 1 fully saturated rings. The van der Waals surface area contributed by atoms with Gasteiger partial charge in [-0.15, -0.1) is 0 Å². The smallest absolute Gasteiger partial charge is 0.273 e. The molecule has 1 saturated heterocycles. The lowest BCUT2D eigenvalue weighted by atomic mass is 9.87. The second kappa shape index (κ2) is 8.03. The summed E-state index contributed by atoms with van der Waals surface area (Å²) >= 11 is 0. The number of para-hydroxylation sites is 1. The molecule has 1 atom stereocenters. The van der Waals surface area contributed by atoms with Gasteiger partial charge >= 0.3 is 0 Å². The van der Waals surface area contributed by atoms with Crippen LogP contribution in [0.1, 0.15) is 24.8 Å². The Morgan fingerprint density at radius 3 is 2.66 bits per heavy atom. The average molecular weight is 395 g/mol. The Labute approximate surface area is 168 Å². The number of hydrogen-bond donors (Lipinski definition) is 1. The fourth-order valence-corrected chi connectivity index (χ4v) is 3.79. The van der Waals surface area contributed by atoms with Crippen molar-refractivity contribution in [2.75, 3.05) is 18.4 Å². The molecule has 6 nitrogen and oxygen atoms in total. The van der Waals surface area contributed by atoms with E-state index < -0.39 is 5.60 Å². The van der Waals surface area contributed by atoms with Crippen LogP contribution < -0.4 is 5.32 Å². The first-order chi connectivity index (χ1) is 14.0. The molecule has 2 aromatic carbocycles. The van der Waals surface area contributed by atoms with Crippen LogP contribution in [-0.2, 0) is 20.8 Å². The van der Waals surface area contributed by atoms with E-state index in [0.29, 0.717) is 30.9 Å². The van der Waals surface area contributed by atoms with Crippen LogP contribution in [0.4, 0.5) is 10.1 Å². The number of carbonyl (C=O) groups excluding carboxylic acids is 2. The van der Waals surface area contributed by atoms with E-state index >= 15 is 0 Å². The van der Waals surface area contributed by atoms with E-state index in [4.69, 9.17) is 4.84 Å². The number of piperidine rings is 1. The lowest BCUT2D eigenvalue weighted by molar-refractivity contribution is -0.139. The van der Waals surface area contributed by atoms with E-state index in [2.05, 4.69) is 10.5 Å². The quantitative estimate of drug-likeness (QED) is 0.865. The van der Waals surface area contributed by atoms with Gasteiger partial charge in [-0.1, -0.05) is 35.5 Å². The highest BCUT2D eigenvalue weighted by Crippen LogP contribution is 2.34. The highest BCUT2D eigenvalue weighted by atomic mass is 19.1. The van der Waals surface area contributed by atoms with Crippen molar-refractivity contribution in [1.29, 1.82) is 0 Å². The lowest BCUT2D eigenvalue weighted by Crippen LogP contribution is -2.51. The van der Waals surface area contributed by atoms with Crippen molar-refractivity contribution in [2.45, 2.75) is 31.3 Å². The van der Waals surface area contributed by atoms with Gasteiger partial charge in [-0.3, -0.25) is 9.59 Å². The van der Waals surface area contributed by atoms with Crippen LogP contribution in [0.25, 0.3) is 0 Å². The number of rotatable bonds is 4. The Morgan fingerprint density at radius 2 is 1.90 bits per heavy atom. The lowest BCUT2D eigenvalue weighted by Gasteiger charge is -2.38. The van der Waals surface area contributed by atoms with E-state index in [1.807, 2.05) is 18.2 Å². The maximum absolute atomic E-state index is 13.1. The van der Waals surface area contributed by atoms with E-state index in [1.165, 1.54) is 12.1 Å². The number of oxime groups is 1. The number of carbonyl (C=O) groups is 2. The monoisotopic (exact) mass is 395 g/mol. The maximum Gasteiger partial charge on any atom is 0.273 e. The maximum atomic E-state index is 13.1. The summed E-state index contributed by atoms with van der Waals surface area (Å²) in [5.74, 6) is -0.653. The first-order valence-corrected chi connectivity index (χ1v) is 9.67. The summed E-state index contributed by atoms with van der Waals surface area (Å²) in [6, 6.07) is 15.1. The molecule has 2 aromatic rings. The van der Waals surface area contributed by atoms with Crippen LogP contribution in [0.3, 0.4) is 0 Å². The summed E-state index contributed by atoms with van der Waals surface area (Å²) < 4.78 is 13.1. The number of amides is 2. The summed E-state index contributed by atoms with van der Waals surface area (Å²) in [4.78, 5) is 32.6. The third kappa shape index (κ3) is 4.45. The average Bonchev–Trinajstić information content (AvgIpc) is 3.14. The largest absolute Gasteiger partial charge is 0.386 e. The Hall–Kier alpha value is -3.22. The molecule has 0 saturated carbocycles. The molecule has 2 heterocycles. The molecule has 0 aromatic heterocycles. The molecule has 2 amide bonds. The van der Waals surface area contributed by atoms with Gasteiger partial charge in [0.25, 0.3) is 5.91 Å². The number of nitrogens with one attached hydrogen (secondary N) is 1. The number of hydrogen-bond acceptors (Lipinski definition) is 4. The molecule has 1 spiro atoms. The molecule has 2 aliphatic rings. The Balaban J connectivity index is 1.36. The normalized spacial score (nSPS) is 20.9. The third-order valence-corrected chi connectivity index (χ3v) is 5.29. The first-order valence-electron chi connectivity index (χ1n) is 9.67. The van der Waals surface area contributed by atoms with Gasteiger partial charge in [0.2, 0.25) is 5.91 Å². The minimum absolute atomic E-state index is 0.0403. The van der Waals surface area contributed by atoms with Gasteiger partial charge in [-0.2, -0.15) is 0 Å². The number of nitrogens with zero attached hydrogens (tertiary/aromatic N) is 2. The van der Waals surface area contributed by atoms with Crippen molar-refractivity contribution < 1.29 is 18.8 Å². The molecule has 1 N–H and O–H groups in total. The number of benzene rings is 2. The zero-order valence-corrected chi connectivity index (χ0v) is 15.9. The first kappa shape index (κ1) is 19.1. The van der Waals surface area contributed by atoms with Crippen LogP contribution >= 0.6 is 0 Å². The molecule has 0 bridgehead atoms. The Morgan fingerprint density at radius 1 is 1.14 bits per heavy atom. The highest BCUT2D eigenvalue weighted by Gasteiger charge is 2.45. The van der Waals surface area contributed by atoms with E-state index in [9.17, 15) is 14.0 Å². The van der Waals surface area contributed by atoms with Crippen molar-refractivity contribution in [3.8, 4) is 0 Å². The second-order valence-electron chi connectivity index (χ2n) is 7.53. The molecular weight excluding hydrogens is 373 g/mol. The SMILES string of the molecule is O=C(Nc1ccccc1)C1=NO[C@@]2(CCCN(C(=O)Cc3ccc(F)cc3)C2)C1. The van der Waals surface area contributed by atoms with Crippen LogP contribution in [-0.4, -0.2) is 41.1 Å². The number of likely N-dealkylation sites (tertiary alicyclic amines) is 1. The molecule has 0 radical (unpaired) electrons. The number of anilines is 1. The topological polar surface area (TPSA) is 71.0 Å². The zero-order valence-electron chi connectivity index (χ0n) is 15.9. The second-order valence-corrected chi connectivity index (χ2v) is 7.53. The summed E-state index contributed by atoms with van der Waals surface area (Å²) in [5, 5.41) is 6.84. The van der Waals surface area contributed by atoms with Gasteiger partial charge in [-0.05, 0) is 42.7 Å². The van der Waals surface area contributed by atoms with Gasteiger partial charge in [-0.25, -0.2) is 4.39 Å². The Bertz CT molecular complexity index is 930. The van der Waals surface area contributed by atoms with E-state index in [0.717, 1.165) is 18.4 Å². The van der Waals surface area contributed by atoms with Crippen LogP contribution in [0.5, 0.6) is 0 Å². The van der Waals surface area contributed by atoms with Gasteiger partial charge in [0.05, 0.1) is 13.0 Å². The fraction of sp³-hybridized carbons (Fsp3) is 0.318. The molecule has 0 unspecified atom stereocenters. The van der Waals surface area contributed by atoms with Crippen LogP contribution in [0.15, 0.2) is 59.8 Å². The van der Waals surface area contributed by atoms with Crippen molar-refractivity contribution in [1.82, 2.24) is 4.90 Å². The predicted octanol–water partition coefficient (Wildman–Crippen LogP) is 3.14. The van der Waals surface area contributed by atoms with Crippen molar-refractivity contribution in [3.05, 3.63) is 66.0 Å². The van der Waals surface area contributed by atoms with Gasteiger partial charge in [0.15, 0.2) is 5.60 Å². The summed E-state index contributed by atoms with van der Waals surface area (Å²) in [6.45, 7) is 1.02. The number of halogens is 1. The zero-order chi connectivity index (χ0) is 20.3. The molecule has 7 heteroatoms. The predicted molar refractivity (Wildman–Crippen MR) is 107 cm³/mol. The minimum atomic E-state index is -0.653. The standard InChI is InChI=1S/C22H22FN3O3/c23-17-9-7-16(8-10-17)13-20(27)26-12-4-11-22(15-26)14-19(25-29-22)21(28)24-18-5-2-1-3-6-18/h1-3,5-10H,4,11-15H2,(H,24,28)/t22-/m0/s1. The van der Waals surface area contributed by atoms with Gasteiger partial charge in [0, 0.05) is 18.7 Å². The van der Waals surface area contributed by atoms with E-state index in [-0.39, 0.29) is 24.1 Å². The highest BCUT2D eigenvalue weighted by molar-refractivity contribution is 6.43. The van der Waals surface area contributed by atoms with Crippen molar-refractivity contribution >= 4 is 23.2 Å². The van der Waals surface area contributed by atoms with Gasteiger partial charge < -0.3 is 15.1 Å². The summed E-state index contributed by atoms with van der Waals surface area (Å²) in [5.41, 5.74) is 1.14. The molecule has 29 heavy (non-hydrogen) atoms. The summed E-state index contributed by atoms with van der Waals surface area (Å²) in [7, 11) is 0. The Kier molecular flexibility index (Phi) is 5.29. The molecular formula is C22H22FN3O3. The molecule has 150 valence electrons. The molecule has 4 rings (SSSR count). The van der Waals surface area contributed by atoms with Crippen LogP contribution in [0.2, 0.25) is 0 Å². The minimum Gasteiger partial charge on any atom is -0.386 e. The van der Waals surface area contributed by atoms with Gasteiger partial charge in [0.1, 0.15) is 11.5 Å². The third-order valence-electron chi connectivity index (χ3n) is 5.29. The van der Waals surface area contributed by atoms with Crippen LogP contribution in [0, 0.1) is 5.82 Å².